The lowest BCUT2D eigenvalue weighted by Crippen LogP contribution is -2.43. The minimum Gasteiger partial charge on any atom is -0.358 e. The van der Waals surface area contributed by atoms with Crippen molar-refractivity contribution in [3.8, 4) is 0 Å². The molecular formula is C26H28F3N5O. The molecule has 1 aliphatic carbocycles. The van der Waals surface area contributed by atoms with Crippen LogP contribution >= 0.6 is 0 Å². The highest BCUT2D eigenvalue weighted by Crippen LogP contribution is 2.32. The molecule has 1 saturated carbocycles. The van der Waals surface area contributed by atoms with E-state index in [2.05, 4.69) is 10.3 Å². The van der Waals surface area contributed by atoms with Crippen molar-refractivity contribution >= 4 is 28.3 Å². The van der Waals surface area contributed by atoms with Crippen LogP contribution in [0.25, 0.3) is 16.6 Å². The first-order valence-electron chi connectivity index (χ1n) is 11.8. The monoisotopic (exact) mass is 483 g/mol. The molecule has 184 valence electrons. The first-order valence-corrected chi connectivity index (χ1v) is 11.8. The summed E-state index contributed by atoms with van der Waals surface area (Å²) in [5.74, 6) is 0.614. The van der Waals surface area contributed by atoms with Crippen LogP contribution < -0.4 is 10.2 Å². The van der Waals surface area contributed by atoms with Crippen LogP contribution in [0.2, 0.25) is 0 Å². The number of anilines is 1. The van der Waals surface area contributed by atoms with E-state index in [0.29, 0.717) is 5.82 Å². The lowest BCUT2D eigenvalue weighted by molar-refractivity contribution is -0.140. The van der Waals surface area contributed by atoms with Gasteiger partial charge in [0.05, 0.1) is 5.56 Å². The quantitative estimate of drug-likeness (QED) is 0.427. The second kappa shape index (κ2) is 8.62. The number of hydrogen-bond acceptors (Lipinski definition) is 3. The van der Waals surface area contributed by atoms with E-state index in [1.807, 2.05) is 60.8 Å². The molecule has 0 spiro atoms. The van der Waals surface area contributed by atoms with Gasteiger partial charge in [0.15, 0.2) is 5.69 Å². The van der Waals surface area contributed by atoms with Gasteiger partial charge in [-0.25, -0.2) is 4.98 Å². The van der Waals surface area contributed by atoms with Gasteiger partial charge in [-0.15, -0.1) is 0 Å². The lowest BCUT2D eigenvalue weighted by Gasteiger charge is -2.36. The van der Waals surface area contributed by atoms with Crippen LogP contribution in [0.4, 0.5) is 19.0 Å². The van der Waals surface area contributed by atoms with Crippen molar-refractivity contribution in [2.24, 2.45) is 7.05 Å². The van der Waals surface area contributed by atoms with Crippen LogP contribution in [0.5, 0.6) is 0 Å². The summed E-state index contributed by atoms with van der Waals surface area (Å²) in [5, 5.41) is 4.17. The number of imidazole rings is 1. The van der Waals surface area contributed by atoms with Gasteiger partial charge in [0.1, 0.15) is 11.5 Å². The number of pyridine rings is 1. The third kappa shape index (κ3) is 4.13. The molecule has 3 aromatic heterocycles. The van der Waals surface area contributed by atoms with E-state index >= 15 is 0 Å². The number of benzene rings is 1. The standard InChI is InChI=1S/C26H28F3N5O/c1-16-24(19-7-4-5-8-20(19)32(16)2)25(35)30-17-11-13-18(14-12-17)33(3)23-10-6-9-22-31-21(15-34(22)23)26(27,28)29/h4-10,15,17-18H,11-14H2,1-3H3,(H,30,35)/t17-,18+. The molecule has 0 radical (unpaired) electrons. The number of rotatable bonds is 4. The number of para-hydroxylation sites is 1. The summed E-state index contributed by atoms with van der Waals surface area (Å²) in [4.78, 5) is 19.0. The Bertz CT molecular complexity index is 1400. The Morgan fingerprint density at radius 2 is 1.80 bits per heavy atom. The van der Waals surface area contributed by atoms with Crippen LogP contribution in [0.15, 0.2) is 48.7 Å². The number of halogens is 3. The van der Waals surface area contributed by atoms with Gasteiger partial charge in [0.2, 0.25) is 0 Å². The second-order valence-electron chi connectivity index (χ2n) is 9.36. The van der Waals surface area contributed by atoms with Crippen molar-refractivity contribution in [3.63, 3.8) is 0 Å². The number of fused-ring (bicyclic) bond motifs is 2. The number of alkyl halides is 3. The normalized spacial score (nSPS) is 18.8. The summed E-state index contributed by atoms with van der Waals surface area (Å²) < 4.78 is 43.1. The predicted octanol–water partition coefficient (Wildman–Crippen LogP) is 5.33. The van der Waals surface area contributed by atoms with Crippen LogP contribution in [-0.4, -0.2) is 39.0 Å². The number of aryl methyl sites for hydroxylation is 1. The predicted molar refractivity (Wildman–Crippen MR) is 130 cm³/mol. The first-order chi connectivity index (χ1) is 16.6. The molecule has 1 amide bonds. The van der Waals surface area contributed by atoms with E-state index < -0.39 is 11.9 Å². The first kappa shape index (κ1) is 23.3. The van der Waals surface area contributed by atoms with Gasteiger partial charge in [-0.3, -0.25) is 9.20 Å². The summed E-state index contributed by atoms with van der Waals surface area (Å²) in [6.07, 6.45) is -0.170. The fourth-order valence-corrected chi connectivity index (χ4v) is 5.28. The summed E-state index contributed by atoms with van der Waals surface area (Å²) >= 11 is 0. The molecule has 1 N–H and O–H groups in total. The SMILES string of the molecule is Cc1c(C(=O)N[C@H]2CC[C@@H](N(C)c3cccc4nc(C(F)(F)F)cn34)CC2)c2ccccc2n1C. The largest absolute Gasteiger partial charge is 0.434 e. The molecule has 0 aliphatic heterocycles. The molecule has 1 aromatic carbocycles. The van der Waals surface area contributed by atoms with Crippen LogP contribution in [0.3, 0.4) is 0 Å². The minimum atomic E-state index is -4.49. The summed E-state index contributed by atoms with van der Waals surface area (Å²) in [5.41, 5.74) is 2.06. The number of nitrogens with one attached hydrogen (secondary N) is 1. The van der Waals surface area contributed by atoms with Crippen molar-refractivity contribution in [2.75, 3.05) is 11.9 Å². The molecular weight excluding hydrogens is 455 g/mol. The molecule has 0 saturated heterocycles. The molecule has 35 heavy (non-hydrogen) atoms. The van der Waals surface area contributed by atoms with Gasteiger partial charge < -0.3 is 14.8 Å². The maximum atomic E-state index is 13.2. The van der Waals surface area contributed by atoms with E-state index in [1.165, 1.54) is 4.40 Å². The Hall–Kier alpha value is -3.49. The smallest absolute Gasteiger partial charge is 0.358 e. The Morgan fingerprint density at radius 1 is 1.09 bits per heavy atom. The van der Waals surface area contributed by atoms with Crippen LogP contribution in [-0.2, 0) is 13.2 Å². The third-order valence-electron chi connectivity index (χ3n) is 7.33. The van der Waals surface area contributed by atoms with Crippen LogP contribution in [0.1, 0.15) is 47.4 Å². The number of amides is 1. The highest BCUT2D eigenvalue weighted by atomic mass is 19.4. The lowest BCUT2D eigenvalue weighted by atomic mass is 9.90. The Kier molecular flexibility index (Phi) is 5.73. The topological polar surface area (TPSA) is 54.6 Å². The maximum absolute atomic E-state index is 13.2. The van der Waals surface area contributed by atoms with Crippen molar-refractivity contribution in [1.29, 1.82) is 0 Å². The van der Waals surface area contributed by atoms with Gasteiger partial charge >= 0.3 is 6.18 Å². The van der Waals surface area contributed by atoms with Gasteiger partial charge in [0, 0.05) is 49.0 Å². The van der Waals surface area contributed by atoms with Crippen molar-refractivity contribution in [1.82, 2.24) is 19.3 Å². The van der Waals surface area contributed by atoms with E-state index in [1.54, 1.807) is 12.1 Å². The molecule has 1 fully saturated rings. The maximum Gasteiger partial charge on any atom is 0.434 e. The number of carbonyl (C=O) groups is 1. The van der Waals surface area contributed by atoms with Gasteiger partial charge in [-0.05, 0) is 50.8 Å². The highest BCUT2D eigenvalue weighted by Gasteiger charge is 2.34. The zero-order chi connectivity index (χ0) is 24.9. The minimum absolute atomic E-state index is 0.0565. The fourth-order valence-electron chi connectivity index (χ4n) is 5.28. The molecule has 9 heteroatoms. The molecule has 5 rings (SSSR count). The average molecular weight is 484 g/mol. The third-order valence-corrected chi connectivity index (χ3v) is 7.33. The molecule has 1 aliphatic rings. The number of hydrogen-bond donors (Lipinski definition) is 1. The number of aromatic nitrogens is 3. The van der Waals surface area contributed by atoms with E-state index in [9.17, 15) is 18.0 Å². The van der Waals surface area contributed by atoms with Crippen molar-refractivity contribution < 1.29 is 18.0 Å². The van der Waals surface area contributed by atoms with E-state index in [4.69, 9.17) is 0 Å². The molecule has 0 atom stereocenters. The fraction of sp³-hybridized carbons (Fsp3) is 0.385. The van der Waals surface area contributed by atoms with Gasteiger partial charge in [-0.2, -0.15) is 13.2 Å². The second-order valence-corrected chi connectivity index (χ2v) is 9.36. The van der Waals surface area contributed by atoms with Crippen LogP contribution in [0, 0.1) is 6.92 Å². The number of nitrogens with zero attached hydrogens (tertiary/aromatic N) is 4. The molecule has 0 bridgehead atoms. The zero-order valence-electron chi connectivity index (χ0n) is 19.9. The summed E-state index contributed by atoms with van der Waals surface area (Å²) in [6.45, 7) is 1.96. The molecule has 3 heterocycles. The average Bonchev–Trinajstić information content (AvgIpc) is 3.39. The van der Waals surface area contributed by atoms with E-state index in [0.717, 1.165) is 54.0 Å². The van der Waals surface area contributed by atoms with Gasteiger partial charge in [-0.1, -0.05) is 24.3 Å². The zero-order valence-corrected chi connectivity index (χ0v) is 19.9. The van der Waals surface area contributed by atoms with Crippen molar-refractivity contribution in [3.05, 3.63) is 65.6 Å². The molecule has 0 unspecified atom stereocenters. The molecule has 6 nitrogen and oxygen atoms in total. The Balaban J connectivity index is 1.28. The van der Waals surface area contributed by atoms with E-state index in [-0.39, 0.29) is 23.6 Å². The summed E-state index contributed by atoms with van der Waals surface area (Å²) in [7, 11) is 3.87. The molecule has 4 aromatic rings. The van der Waals surface area contributed by atoms with Gasteiger partial charge in [0.25, 0.3) is 5.91 Å². The Morgan fingerprint density at radius 3 is 2.51 bits per heavy atom. The summed E-state index contributed by atoms with van der Waals surface area (Å²) in [6, 6.07) is 13.2. The van der Waals surface area contributed by atoms with Crippen molar-refractivity contribution in [2.45, 2.75) is 50.9 Å². The highest BCUT2D eigenvalue weighted by molar-refractivity contribution is 6.08. The number of carbonyl (C=O) groups excluding carboxylic acids is 1. The Labute approximate surface area is 201 Å².